The molecule has 1 heterocycles. The van der Waals surface area contributed by atoms with E-state index < -0.39 is 0 Å². The van der Waals surface area contributed by atoms with Crippen molar-refractivity contribution < 1.29 is 4.74 Å². The maximum Gasteiger partial charge on any atom is 0.307 e. The maximum atomic E-state index is 12.2. The smallest absolute Gasteiger partial charge is 0.307 e. The Kier molecular flexibility index (Phi) is 4.85. The van der Waals surface area contributed by atoms with E-state index in [4.69, 9.17) is 16.3 Å². The van der Waals surface area contributed by atoms with Crippen LogP contribution in [-0.2, 0) is 7.05 Å². The molecule has 0 amide bonds. The van der Waals surface area contributed by atoms with Gasteiger partial charge in [0.1, 0.15) is 0 Å². The molecule has 2 rings (SSSR count). The molecule has 0 aliphatic rings. The molecule has 0 saturated carbocycles. The van der Waals surface area contributed by atoms with Gasteiger partial charge in [0.2, 0.25) is 0 Å². The van der Waals surface area contributed by atoms with E-state index in [1.165, 1.54) is 22.5 Å². The standard InChI is InChI=1S/C15H17ClN2O3/c1-3-4-9-21-13-10-14(19)18(17(2)15(13)20)12-7-5-11(16)6-8-12/h5-8,10H,3-4,9H2,1-2H3. The van der Waals surface area contributed by atoms with Crippen molar-refractivity contribution in [2.24, 2.45) is 7.05 Å². The lowest BCUT2D eigenvalue weighted by Gasteiger charge is -2.13. The van der Waals surface area contributed by atoms with Crippen LogP contribution in [0.5, 0.6) is 5.75 Å². The molecule has 2 aromatic rings. The second kappa shape index (κ2) is 6.63. The summed E-state index contributed by atoms with van der Waals surface area (Å²) in [4.78, 5) is 24.4. The van der Waals surface area contributed by atoms with Crippen LogP contribution in [0.4, 0.5) is 0 Å². The Morgan fingerprint density at radius 2 is 1.86 bits per heavy atom. The summed E-state index contributed by atoms with van der Waals surface area (Å²) >= 11 is 5.83. The third kappa shape index (κ3) is 3.36. The van der Waals surface area contributed by atoms with Crippen LogP contribution in [-0.4, -0.2) is 16.0 Å². The Hall–Kier alpha value is -2.01. The Balaban J connectivity index is 2.45. The molecule has 0 saturated heterocycles. The third-order valence-electron chi connectivity index (χ3n) is 3.09. The molecule has 0 aliphatic heterocycles. The van der Waals surface area contributed by atoms with Crippen LogP contribution in [0.2, 0.25) is 5.02 Å². The van der Waals surface area contributed by atoms with Gasteiger partial charge in [0.25, 0.3) is 5.56 Å². The summed E-state index contributed by atoms with van der Waals surface area (Å²) in [6.07, 6.45) is 1.80. The highest BCUT2D eigenvalue weighted by atomic mass is 35.5. The first kappa shape index (κ1) is 15.4. The second-order valence-corrected chi connectivity index (χ2v) is 5.10. The van der Waals surface area contributed by atoms with Crippen molar-refractivity contribution in [3.8, 4) is 11.4 Å². The zero-order valence-electron chi connectivity index (χ0n) is 12.0. The number of halogens is 1. The summed E-state index contributed by atoms with van der Waals surface area (Å²) in [6.45, 7) is 2.45. The van der Waals surface area contributed by atoms with Crippen LogP contribution in [0.1, 0.15) is 19.8 Å². The van der Waals surface area contributed by atoms with Gasteiger partial charge in [-0.1, -0.05) is 24.9 Å². The second-order valence-electron chi connectivity index (χ2n) is 4.67. The first-order valence-corrected chi connectivity index (χ1v) is 7.14. The van der Waals surface area contributed by atoms with Gasteiger partial charge in [-0.2, -0.15) is 0 Å². The normalized spacial score (nSPS) is 10.6. The van der Waals surface area contributed by atoms with Crippen LogP contribution in [0.25, 0.3) is 5.69 Å². The summed E-state index contributed by atoms with van der Waals surface area (Å²) in [5.41, 5.74) is -0.101. The average molecular weight is 309 g/mol. The Morgan fingerprint density at radius 3 is 2.48 bits per heavy atom. The first-order chi connectivity index (χ1) is 10.0. The summed E-state index contributed by atoms with van der Waals surface area (Å²) < 4.78 is 7.91. The van der Waals surface area contributed by atoms with Crippen molar-refractivity contribution in [3.05, 3.63) is 56.1 Å². The van der Waals surface area contributed by atoms with E-state index in [0.29, 0.717) is 17.3 Å². The number of benzene rings is 1. The Labute approximate surface area is 127 Å². The van der Waals surface area contributed by atoms with E-state index >= 15 is 0 Å². The lowest BCUT2D eigenvalue weighted by Crippen LogP contribution is -2.36. The molecular weight excluding hydrogens is 292 g/mol. The van der Waals surface area contributed by atoms with E-state index in [2.05, 4.69) is 0 Å². The molecule has 0 bridgehead atoms. The summed E-state index contributed by atoms with van der Waals surface area (Å²) in [5, 5.41) is 0.566. The van der Waals surface area contributed by atoms with Gasteiger partial charge in [-0.3, -0.25) is 9.59 Å². The minimum Gasteiger partial charge on any atom is -0.488 e. The lowest BCUT2D eigenvalue weighted by molar-refractivity contribution is 0.299. The van der Waals surface area contributed by atoms with Gasteiger partial charge in [0.05, 0.1) is 18.4 Å². The number of nitrogens with zero attached hydrogens (tertiary/aromatic N) is 2. The number of hydrogen-bond acceptors (Lipinski definition) is 3. The van der Waals surface area contributed by atoms with E-state index in [0.717, 1.165) is 12.8 Å². The fraction of sp³-hybridized carbons (Fsp3) is 0.333. The highest BCUT2D eigenvalue weighted by Gasteiger charge is 2.11. The highest BCUT2D eigenvalue weighted by molar-refractivity contribution is 6.30. The van der Waals surface area contributed by atoms with Crippen molar-refractivity contribution in [3.63, 3.8) is 0 Å². The molecule has 0 N–H and O–H groups in total. The number of hydrogen-bond donors (Lipinski definition) is 0. The SMILES string of the molecule is CCCCOc1cc(=O)n(-c2ccc(Cl)cc2)n(C)c1=O. The van der Waals surface area contributed by atoms with Crippen LogP contribution >= 0.6 is 11.6 Å². The fourth-order valence-electron chi connectivity index (χ4n) is 1.95. The molecular formula is C15H17ClN2O3. The van der Waals surface area contributed by atoms with Crippen molar-refractivity contribution >= 4 is 11.6 Å². The summed E-state index contributed by atoms with van der Waals surface area (Å²) in [6, 6.07) is 7.92. The highest BCUT2D eigenvalue weighted by Crippen LogP contribution is 2.12. The van der Waals surface area contributed by atoms with Gasteiger partial charge in [-0.05, 0) is 30.7 Å². The molecule has 6 heteroatoms. The molecule has 0 spiro atoms. The van der Waals surface area contributed by atoms with Crippen LogP contribution in [0.3, 0.4) is 0 Å². The predicted molar refractivity (Wildman–Crippen MR) is 82.7 cm³/mol. The molecule has 0 fully saturated rings. The summed E-state index contributed by atoms with van der Waals surface area (Å²) in [5.74, 6) is 0.0844. The van der Waals surface area contributed by atoms with Crippen molar-refractivity contribution in [1.29, 1.82) is 0 Å². The van der Waals surface area contributed by atoms with Crippen molar-refractivity contribution in [1.82, 2.24) is 9.36 Å². The van der Waals surface area contributed by atoms with Gasteiger partial charge in [-0.15, -0.1) is 0 Å². The molecule has 1 aromatic carbocycles. The van der Waals surface area contributed by atoms with Gasteiger partial charge in [-0.25, -0.2) is 9.36 Å². The van der Waals surface area contributed by atoms with E-state index in [-0.39, 0.29) is 16.9 Å². The third-order valence-corrected chi connectivity index (χ3v) is 3.35. The largest absolute Gasteiger partial charge is 0.488 e. The molecule has 0 unspecified atom stereocenters. The first-order valence-electron chi connectivity index (χ1n) is 6.76. The van der Waals surface area contributed by atoms with Gasteiger partial charge < -0.3 is 4.74 Å². The number of unbranched alkanes of at least 4 members (excludes halogenated alkanes) is 1. The molecule has 1 aromatic heterocycles. The topological polar surface area (TPSA) is 53.2 Å². The molecule has 112 valence electrons. The minimum absolute atomic E-state index is 0.0844. The maximum absolute atomic E-state index is 12.2. The molecule has 0 aliphatic carbocycles. The van der Waals surface area contributed by atoms with E-state index in [1.54, 1.807) is 24.3 Å². The predicted octanol–water partition coefficient (Wildman–Crippen LogP) is 2.37. The fourth-order valence-corrected chi connectivity index (χ4v) is 2.07. The van der Waals surface area contributed by atoms with Crippen molar-refractivity contribution in [2.75, 3.05) is 6.61 Å². The monoisotopic (exact) mass is 308 g/mol. The minimum atomic E-state index is -0.347. The lowest BCUT2D eigenvalue weighted by atomic mass is 10.3. The quantitative estimate of drug-likeness (QED) is 0.797. The zero-order chi connectivity index (χ0) is 15.4. The van der Waals surface area contributed by atoms with Crippen LogP contribution < -0.4 is 15.9 Å². The molecule has 0 atom stereocenters. The van der Waals surface area contributed by atoms with Crippen LogP contribution in [0, 0.1) is 0 Å². The number of aromatic nitrogens is 2. The molecule has 0 radical (unpaired) electrons. The van der Waals surface area contributed by atoms with Crippen LogP contribution in [0.15, 0.2) is 39.9 Å². The average Bonchev–Trinajstić information content (AvgIpc) is 2.46. The Bertz CT molecular complexity index is 732. The molecule has 21 heavy (non-hydrogen) atoms. The zero-order valence-corrected chi connectivity index (χ0v) is 12.8. The Morgan fingerprint density at radius 1 is 1.19 bits per heavy atom. The van der Waals surface area contributed by atoms with Gasteiger partial charge >= 0.3 is 5.56 Å². The van der Waals surface area contributed by atoms with Gasteiger partial charge in [0.15, 0.2) is 5.75 Å². The van der Waals surface area contributed by atoms with E-state index in [1.807, 2.05) is 6.92 Å². The van der Waals surface area contributed by atoms with Gasteiger partial charge in [0, 0.05) is 12.1 Å². The van der Waals surface area contributed by atoms with Crippen molar-refractivity contribution in [2.45, 2.75) is 19.8 Å². The number of ether oxygens (including phenoxy) is 1. The van der Waals surface area contributed by atoms with E-state index in [9.17, 15) is 9.59 Å². The summed E-state index contributed by atoms with van der Waals surface area (Å²) in [7, 11) is 1.53. The number of rotatable bonds is 5. The molecule has 5 nitrogen and oxygen atoms in total.